The molecular formula is C21H33N3O6S. The maximum atomic E-state index is 13.5. The molecule has 0 aromatic heterocycles. The number of carbonyl (C=O) groups excluding carboxylic acids is 2. The molecule has 1 aliphatic heterocycles. The summed E-state index contributed by atoms with van der Waals surface area (Å²) in [5.41, 5.74) is 1.58. The van der Waals surface area contributed by atoms with Crippen molar-refractivity contribution in [2.75, 3.05) is 26.7 Å². The number of ether oxygens (including phenoxy) is 1. The Morgan fingerprint density at radius 2 is 1.77 bits per heavy atom. The van der Waals surface area contributed by atoms with Crippen LogP contribution in [0, 0.1) is 5.92 Å². The maximum Gasteiger partial charge on any atom is 0.261 e. The van der Waals surface area contributed by atoms with Crippen molar-refractivity contribution in [1.29, 1.82) is 0 Å². The van der Waals surface area contributed by atoms with Crippen molar-refractivity contribution in [3.05, 3.63) is 24.3 Å². The molecule has 10 heteroatoms. The quantitative estimate of drug-likeness (QED) is 0.412. The second-order valence-electron chi connectivity index (χ2n) is 8.10. The zero-order valence-electron chi connectivity index (χ0n) is 18.4. The van der Waals surface area contributed by atoms with Gasteiger partial charge >= 0.3 is 0 Å². The first-order chi connectivity index (χ1) is 14.7. The largest absolute Gasteiger partial charge is 0.497 e. The van der Waals surface area contributed by atoms with Crippen LogP contribution in [-0.4, -0.2) is 67.4 Å². The molecule has 1 aromatic carbocycles. The van der Waals surface area contributed by atoms with Crippen molar-refractivity contribution in [3.63, 3.8) is 0 Å². The minimum atomic E-state index is -4.12. The van der Waals surface area contributed by atoms with E-state index in [1.165, 1.54) is 31.4 Å². The summed E-state index contributed by atoms with van der Waals surface area (Å²) in [6.45, 7) is 4.88. The molecule has 1 saturated heterocycles. The summed E-state index contributed by atoms with van der Waals surface area (Å²) >= 11 is 0. The Bertz CT molecular complexity index is 835. The molecular weight excluding hydrogens is 422 g/mol. The second-order valence-corrected chi connectivity index (χ2v) is 9.99. The van der Waals surface area contributed by atoms with Crippen LogP contribution in [0.25, 0.3) is 0 Å². The third kappa shape index (κ3) is 6.65. The van der Waals surface area contributed by atoms with Crippen molar-refractivity contribution >= 4 is 21.8 Å². The van der Waals surface area contributed by atoms with Crippen LogP contribution in [0.4, 0.5) is 0 Å². The minimum Gasteiger partial charge on any atom is -0.497 e. The van der Waals surface area contributed by atoms with Gasteiger partial charge in [0.2, 0.25) is 15.9 Å². The molecule has 1 fully saturated rings. The summed E-state index contributed by atoms with van der Waals surface area (Å²) in [6.07, 6.45) is 3.10. The first-order valence-electron chi connectivity index (χ1n) is 10.6. The highest BCUT2D eigenvalue weighted by atomic mass is 32.2. The van der Waals surface area contributed by atoms with Gasteiger partial charge in [0.15, 0.2) is 0 Å². The zero-order chi connectivity index (χ0) is 23.0. The summed E-state index contributed by atoms with van der Waals surface area (Å²) in [7, 11) is -2.64. The van der Waals surface area contributed by atoms with Crippen molar-refractivity contribution in [2.45, 2.75) is 56.9 Å². The van der Waals surface area contributed by atoms with Crippen LogP contribution in [0.15, 0.2) is 29.2 Å². The maximum absolute atomic E-state index is 13.5. The number of benzene rings is 1. The Kier molecular flexibility index (Phi) is 9.27. The first-order valence-corrected chi connectivity index (χ1v) is 12.0. The van der Waals surface area contributed by atoms with Crippen LogP contribution >= 0.6 is 0 Å². The van der Waals surface area contributed by atoms with Gasteiger partial charge in [-0.1, -0.05) is 13.8 Å². The average molecular weight is 456 g/mol. The van der Waals surface area contributed by atoms with Gasteiger partial charge in [-0.15, -0.1) is 0 Å². The van der Waals surface area contributed by atoms with Gasteiger partial charge in [0.05, 0.1) is 12.0 Å². The molecule has 0 radical (unpaired) electrons. The Balaban J connectivity index is 2.34. The Labute approximate surface area is 184 Å². The van der Waals surface area contributed by atoms with E-state index in [2.05, 4.69) is 0 Å². The van der Waals surface area contributed by atoms with E-state index in [1.54, 1.807) is 10.4 Å². The number of likely N-dealkylation sites (tertiary alicyclic amines) is 1. The highest BCUT2D eigenvalue weighted by molar-refractivity contribution is 7.89. The molecule has 0 aliphatic carbocycles. The summed E-state index contributed by atoms with van der Waals surface area (Å²) in [6, 6.07) is 4.70. The molecule has 1 heterocycles. The monoisotopic (exact) mass is 455 g/mol. The number of hydrogen-bond donors (Lipinski definition) is 2. The van der Waals surface area contributed by atoms with Crippen LogP contribution in [-0.2, 0) is 19.6 Å². The van der Waals surface area contributed by atoms with Crippen LogP contribution in [0.2, 0.25) is 0 Å². The Morgan fingerprint density at radius 3 is 2.29 bits per heavy atom. The van der Waals surface area contributed by atoms with Gasteiger partial charge in [0.1, 0.15) is 11.8 Å². The Morgan fingerprint density at radius 1 is 1.16 bits per heavy atom. The lowest BCUT2D eigenvalue weighted by Crippen LogP contribution is -2.50. The molecule has 1 atom stereocenters. The number of hydrogen-bond acceptors (Lipinski definition) is 6. The number of carbonyl (C=O) groups is 2. The van der Waals surface area contributed by atoms with Crippen LogP contribution < -0.4 is 10.2 Å². The van der Waals surface area contributed by atoms with Crippen molar-refractivity contribution in [2.24, 2.45) is 5.92 Å². The molecule has 0 bridgehead atoms. The lowest BCUT2D eigenvalue weighted by molar-refractivity contribution is -0.135. The van der Waals surface area contributed by atoms with Crippen LogP contribution in [0.3, 0.4) is 0 Å². The number of amides is 2. The van der Waals surface area contributed by atoms with E-state index in [0.29, 0.717) is 18.8 Å². The molecule has 1 aromatic rings. The molecule has 174 valence electrons. The van der Waals surface area contributed by atoms with Gasteiger partial charge in [-0.3, -0.25) is 14.8 Å². The van der Waals surface area contributed by atoms with Crippen molar-refractivity contribution < 1.29 is 28.0 Å². The number of nitrogens with zero attached hydrogens (tertiary/aromatic N) is 2. The normalized spacial score (nSPS) is 15.7. The fourth-order valence-electron chi connectivity index (χ4n) is 3.71. The van der Waals surface area contributed by atoms with Crippen LogP contribution in [0.5, 0.6) is 5.75 Å². The Hall–Kier alpha value is -2.17. The third-order valence-electron chi connectivity index (χ3n) is 5.38. The van der Waals surface area contributed by atoms with Gasteiger partial charge in [-0.05, 0) is 55.9 Å². The standard InChI is InChI=1S/C21H33N3O6S/c1-16(2)15-19(21(26)22-27)24(14-11-20(25)23-12-5-4-6-13-23)31(28,29)18-9-7-17(30-3)8-10-18/h7-10,16,19,27H,4-6,11-15H2,1-3H3,(H,22,26). The minimum absolute atomic E-state index is 0.0155. The SMILES string of the molecule is COc1ccc(S(=O)(=O)N(CCC(=O)N2CCCCC2)C(CC(C)C)C(=O)NO)cc1. The molecule has 0 spiro atoms. The van der Waals surface area contributed by atoms with E-state index in [1.807, 2.05) is 13.8 Å². The van der Waals surface area contributed by atoms with Crippen LogP contribution in [0.1, 0.15) is 46.0 Å². The molecule has 1 aliphatic rings. The summed E-state index contributed by atoms with van der Waals surface area (Å²) < 4.78 is 33.0. The summed E-state index contributed by atoms with van der Waals surface area (Å²) in [4.78, 5) is 26.8. The molecule has 31 heavy (non-hydrogen) atoms. The van der Waals surface area contributed by atoms with E-state index in [4.69, 9.17) is 4.74 Å². The smallest absolute Gasteiger partial charge is 0.261 e. The van der Waals surface area contributed by atoms with Gasteiger partial charge in [0.25, 0.3) is 5.91 Å². The highest BCUT2D eigenvalue weighted by Crippen LogP contribution is 2.25. The fourth-order valence-corrected chi connectivity index (χ4v) is 5.31. The third-order valence-corrected chi connectivity index (χ3v) is 7.30. The van der Waals surface area contributed by atoms with E-state index in [0.717, 1.165) is 23.6 Å². The lowest BCUT2D eigenvalue weighted by atomic mass is 10.0. The van der Waals surface area contributed by atoms with E-state index in [-0.39, 0.29) is 36.1 Å². The molecule has 2 N–H and O–H groups in total. The average Bonchev–Trinajstić information content (AvgIpc) is 2.77. The number of hydroxylamine groups is 1. The molecule has 1 unspecified atom stereocenters. The highest BCUT2D eigenvalue weighted by Gasteiger charge is 2.37. The number of methoxy groups -OCH3 is 1. The van der Waals surface area contributed by atoms with E-state index in [9.17, 15) is 23.2 Å². The molecule has 2 rings (SSSR count). The van der Waals surface area contributed by atoms with Crippen molar-refractivity contribution in [3.8, 4) is 5.75 Å². The molecule has 9 nitrogen and oxygen atoms in total. The van der Waals surface area contributed by atoms with Gasteiger partial charge < -0.3 is 9.64 Å². The zero-order valence-corrected chi connectivity index (χ0v) is 19.2. The topological polar surface area (TPSA) is 116 Å². The summed E-state index contributed by atoms with van der Waals surface area (Å²) in [5, 5.41) is 9.24. The van der Waals surface area contributed by atoms with Gasteiger partial charge in [-0.25, -0.2) is 13.9 Å². The van der Waals surface area contributed by atoms with Gasteiger partial charge in [0, 0.05) is 26.1 Å². The first kappa shape index (κ1) is 25.1. The number of sulfonamides is 1. The van der Waals surface area contributed by atoms with Gasteiger partial charge in [-0.2, -0.15) is 4.31 Å². The second kappa shape index (κ2) is 11.4. The van der Waals surface area contributed by atoms with E-state index >= 15 is 0 Å². The van der Waals surface area contributed by atoms with Crippen molar-refractivity contribution in [1.82, 2.24) is 14.7 Å². The molecule has 0 saturated carbocycles. The molecule has 2 amide bonds. The predicted octanol–water partition coefficient (Wildman–Crippen LogP) is 2.01. The van der Waals surface area contributed by atoms with E-state index < -0.39 is 22.0 Å². The lowest BCUT2D eigenvalue weighted by Gasteiger charge is -2.32. The number of nitrogens with one attached hydrogen (secondary N) is 1. The summed E-state index contributed by atoms with van der Waals surface area (Å²) in [5.74, 6) is -0.482. The number of piperidine rings is 1. The number of rotatable bonds is 10. The predicted molar refractivity (Wildman–Crippen MR) is 115 cm³/mol. The fraction of sp³-hybridized carbons (Fsp3) is 0.619.